The molecule has 0 atom stereocenters. The molecule has 0 radical (unpaired) electrons. The van der Waals surface area contributed by atoms with Crippen LogP contribution in [0.1, 0.15) is 28.4 Å². The molecule has 4 nitrogen and oxygen atoms in total. The molecule has 0 aliphatic carbocycles. The Kier molecular flexibility index (Phi) is 4.70. The first-order chi connectivity index (χ1) is 10.2. The highest BCUT2D eigenvalue weighted by Gasteiger charge is 2.12. The lowest BCUT2D eigenvalue weighted by molar-refractivity contribution is 0.101. The molecule has 0 aliphatic rings. The number of benzene rings is 2. The van der Waals surface area contributed by atoms with E-state index >= 15 is 0 Å². The van der Waals surface area contributed by atoms with E-state index in [2.05, 4.69) is 0 Å². The zero-order valence-electron chi connectivity index (χ0n) is 11.7. The lowest BCUT2D eigenvalue weighted by Crippen LogP contribution is -2.00. The van der Waals surface area contributed by atoms with Crippen molar-refractivity contribution in [2.75, 3.05) is 6.61 Å². The predicted octanol–water partition coefficient (Wildman–Crippen LogP) is 3.09. The van der Waals surface area contributed by atoms with E-state index in [1.807, 2.05) is 24.3 Å². The summed E-state index contributed by atoms with van der Waals surface area (Å²) in [5, 5.41) is 18.1. The third-order valence-electron chi connectivity index (χ3n) is 3.06. The van der Waals surface area contributed by atoms with Gasteiger partial charge >= 0.3 is 0 Å². The average Bonchev–Trinajstić information content (AvgIpc) is 2.49. The summed E-state index contributed by atoms with van der Waals surface area (Å²) in [6.07, 6.45) is 0.462. The van der Waals surface area contributed by atoms with Gasteiger partial charge in [-0.15, -0.1) is 0 Å². The lowest BCUT2D eigenvalue weighted by atomic mass is 10.1. The van der Waals surface area contributed by atoms with Crippen LogP contribution in [0.25, 0.3) is 0 Å². The maximum Gasteiger partial charge on any atom is 0.163 e. The van der Waals surface area contributed by atoms with Crippen LogP contribution in [0.15, 0.2) is 42.5 Å². The lowest BCUT2D eigenvalue weighted by Gasteiger charge is -2.13. The number of ketones is 1. The summed E-state index contributed by atoms with van der Waals surface area (Å²) < 4.78 is 5.81. The first-order valence-corrected chi connectivity index (χ1v) is 6.57. The number of nitrogens with zero attached hydrogens (tertiary/aromatic N) is 1. The Morgan fingerprint density at radius 1 is 1.24 bits per heavy atom. The molecule has 2 aromatic rings. The van der Waals surface area contributed by atoms with Gasteiger partial charge in [-0.3, -0.25) is 4.79 Å². The predicted molar refractivity (Wildman–Crippen MR) is 78.5 cm³/mol. The highest BCUT2D eigenvalue weighted by atomic mass is 16.5. The maximum atomic E-state index is 11.7. The summed E-state index contributed by atoms with van der Waals surface area (Å²) >= 11 is 0. The number of carbonyl (C=O) groups is 1. The van der Waals surface area contributed by atoms with E-state index in [9.17, 15) is 4.79 Å². The van der Waals surface area contributed by atoms with E-state index in [0.717, 1.165) is 5.56 Å². The summed E-state index contributed by atoms with van der Waals surface area (Å²) in [7, 11) is 0. The van der Waals surface area contributed by atoms with Gasteiger partial charge in [-0.05, 0) is 43.2 Å². The minimum atomic E-state index is -0.130. The number of Topliss-reactive ketones (excluding diaryl/α,β-unsaturated/α-hetero) is 1. The minimum absolute atomic E-state index is 0.0121. The van der Waals surface area contributed by atoms with Crippen molar-refractivity contribution in [1.29, 1.82) is 5.26 Å². The SMILES string of the molecule is CC(=O)c1ccc(C#N)cc1Oc1ccccc1CCO. The van der Waals surface area contributed by atoms with Crippen LogP contribution in [0.4, 0.5) is 0 Å². The average molecular weight is 281 g/mol. The van der Waals surface area contributed by atoms with Crippen LogP contribution in [0.3, 0.4) is 0 Å². The zero-order chi connectivity index (χ0) is 15.2. The Hall–Kier alpha value is -2.64. The Balaban J connectivity index is 2.43. The van der Waals surface area contributed by atoms with E-state index in [-0.39, 0.29) is 12.4 Å². The van der Waals surface area contributed by atoms with Crippen molar-refractivity contribution in [2.24, 2.45) is 0 Å². The number of hydrogen-bond acceptors (Lipinski definition) is 4. The van der Waals surface area contributed by atoms with Crippen molar-refractivity contribution in [2.45, 2.75) is 13.3 Å². The van der Waals surface area contributed by atoms with Crippen LogP contribution in [0.2, 0.25) is 0 Å². The number of ether oxygens (including phenoxy) is 1. The Morgan fingerprint density at radius 2 is 2.00 bits per heavy atom. The van der Waals surface area contributed by atoms with Gasteiger partial charge in [0, 0.05) is 6.61 Å². The van der Waals surface area contributed by atoms with E-state index in [1.165, 1.54) is 6.92 Å². The van der Waals surface area contributed by atoms with Crippen molar-refractivity contribution < 1.29 is 14.6 Å². The first-order valence-electron chi connectivity index (χ1n) is 6.57. The monoisotopic (exact) mass is 281 g/mol. The van der Waals surface area contributed by atoms with Crippen molar-refractivity contribution in [3.05, 3.63) is 59.2 Å². The van der Waals surface area contributed by atoms with Crippen LogP contribution >= 0.6 is 0 Å². The molecule has 0 aromatic heterocycles. The molecule has 0 heterocycles. The minimum Gasteiger partial charge on any atom is -0.456 e. The fourth-order valence-corrected chi connectivity index (χ4v) is 2.02. The van der Waals surface area contributed by atoms with E-state index in [1.54, 1.807) is 24.3 Å². The number of aliphatic hydroxyl groups is 1. The molecule has 2 rings (SSSR count). The topological polar surface area (TPSA) is 70.3 Å². The van der Waals surface area contributed by atoms with E-state index in [0.29, 0.717) is 29.0 Å². The molecule has 106 valence electrons. The molecule has 0 aliphatic heterocycles. The van der Waals surface area contributed by atoms with Crippen LogP contribution < -0.4 is 4.74 Å². The zero-order valence-corrected chi connectivity index (χ0v) is 11.7. The van der Waals surface area contributed by atoms with E-state index in [4.69, 9.17) is 15.1 Å². The second-order valence-corrected chi connectivity index (χ2v) is 4.56. The van der Waals surface area contributed by atoms with Crippen molar-refractivity contribution in [3.63, 3.8) is 0 Å². The van der Waals surface area contributed by atoms with Crippen LogP contribution in [0, 0.1) is 11.3 Å². The van der Waals surface area contributed by atoms with Crippen LogP contribution in [-0.4, -0.2) is 17.5 Å². The number of para-hydroxylation sites is 1. The number of carbonyl (C=O) groups excluding carboxylic acids is 1. The number of rotatable bonds is 5. The molecule has 21 heavy (non-hydrogen) atoms. The number of nitriles is 1. The normalized spacial score (nSPS) is 9.95. The Bertz CT molecular complexity index is 701. The van der Waals surface area contributed by atoms with Gasteiger partial charge in [-0.25, -0.2) is 0 Å². The van der Waals surface area contributed by atoms with Crippen LogP contribution in [0.5, 0.6) is 11.5 Å². The van der Waals surface area contributed by atoms with Gasteiger partial charge < -0.3 is 9.84 Å². The summed E-state index contributed by atoms with van der Waals surface area (Å²) in [5.41, 5.74) is 1.69. The molecular weight excluding hydrogens is 266 g/mol. The quantitative estimate of drug-likeness (QED) is 0.855. The van der Waals surface area contributed by atoms with Crippen molar-refractivity contribution in [1.82, 2.24) is 0 Å². The second-order valence-electron chi connectivity index (χ2n) is 4.56. The largest absolute Gasteiger partial charge is 0.456 e. The Morgan fingerprint density at radius 3 is 2.67 bits per heavy atom. The molecule has 0 spiro atoms. The fourth-order valence-electron chi connectivity index (χ4n) is 2.02. The summed E-state index contributed by atoms with van der Waals surface area (Å²) in [6, 6.07) is 14.1. The molecule has 0 fully saturated rings. The highest BCUT2D eigenvalue weighted by Crippen LogP contribution is 2.29. The van der Waals surface area contributed by atoms with Gasteiger partial charge in [0.25, 0.3) is 0 Å². The Labute approximate surface area is 123 Å². The summed E-state index contributed by atoms with van der Waals surface area (Å²) in [4.78, 5) is 11.7. The maximum absolute atomic E-state index is 11.7. The number of hydrogen-bond donors (Lipinski definition) is 1. The van der Waals surface area contributed by atoms with Crippen molar-refractivity contribution in [3.8, 4) is 17.6 Å². The molecule has 0 amide bonds. The molecule has 0 bridgehead atoms. The third kappa shape index (κ3) is 3.47. The van der Waals surface area contributed by atoms with Gasteiger partial charge in [-0.1, -0.05) is 18.2 Å². The highest BCUT2D eigenvalue weighted by molar-refractivity contribution is 5.97. The van der Waals surface area contributed by atoms with Gasteiger partial charge in [0.05, 0.1) is 17.2 Å². The van der Waals surface area contributed by atoms with Gasteiger partial charge in [0.1, 0.15) is 11.5 Å². The number of aliphatic hydroxyl groups excluding tert-OH is 1. The summed E-state index contributed by atoms with van der Waals surface area (Å²) in [5.74, 6) is 0.796. The second kappa shape index (κ2) is 6.69. The molecule has 4 heteroatoms. The van der Waals surface area contributed by atoms with Gasteiger partial charge in [0.15, 0.2) is 5.78 Å². The summed E-state index contributed by atoms with van der Waals surface area (Å²) in [6.45, 7) is 1.46. The first kappa shape index (κ1) is 14.8. The van der Waals surface area contributed by atoms with E-state index < -0.39 is 0 Å². The molecule has 2 aromatic carbocycles. The standard InChI is InChI=1S/C17H15NO3/c1-12(20)15-7-6-13(11-18)10-17(15)21-16-5-3-2-4-14(16)8-9-19/h2-7,10,19H,8-9H2,1H3. The molecule has 0 saturated heterocycles. The van der Waals surface area contributed by atoms with Crippen molar-refractivity contribution >= 4 is 5.78 Å². The molecule has 1 N–H and O–H groups in total. The third-order valence-corrected chi connectivity index (χ3v) is 3.06. The smallest absolute Gasteiger partial charge is 0.163 e. The molecular formula is C17H15NO3. The van der Waals surface area contributed by atoms with Gasteiger partial charge in [0.2, 0.25) is 0 Å². The molecule has 0 unspecified atom stereocenters. The van der Waals surface area contributed by atoms with Crippen LogP contribution in [-0.2, 0) is 6.42 Å². The molecule has 0 saturated carbocycles. The fraction of sp³-hybridized carbons (Fsp3) is 0.176. The van der Waals surface area contributed by atoms with Gasteiger partial charge in [-0.2, -0.15) is 5.26 Å².